The van der Waals surface area contributed by atoms with Crippen LogP contribution in [0.25, 0.3) is 0 Å². The van der Waals surface area contributed by atoms with Gasteiger partial charge in [0.1, 0.15) is 0 Å². The first-order chi connectivity index (χ1) is 2.00. The molecule has 34 valence electrons. The van der Waals surface area contributed by atoms with Gasteiger partial charge in [-0.05, 0) is 0 Å². The first-order valence-corrected chi connectivity index (χ1v) is 6.94. The van der Waals surface area contributed by atoms with E-state index in [1.54, 1.807) is 0 Å². The van der Waals surface area contributed by atoms with Crippen molar-refractivity contribution in [3.05, 3.63) is 0 Å². The average Bonchev–Trinajstić information content (AvgIpc) is 0.722. The van der Waals surface area contributed by atoms with E-state index in [-0.39, 0.29) is 21.6 Å². The minimum atomic E-state index is -3.51. The van der Waals surface area contributed by atoms with Gasteiger partial charge in [-0.3, -0.25) is 0 Å². The van der Waals surface area contributed by atoms with Gasteiger partial charge in [0.2, 0.25) is 0 Å². The molecule has 2 N–H and O–H groups in total. The van der Waals surface area contributed by atoms with Crippen LogP contribution in [0.15, 0.2) is 0 Å². The topological polar surface area (TPSA) is 57.5 Å². The second kappa shape index (κ2) is 1.56. The van der Waals surface area contributed by atoms with Crippen molar-refractivity contribution in [3.8, 4) is 0 Å². The van der Waals surface area contributed by atoms with Crippen molar-refractivity contribution in [1.82, 2.24) is 0 Å². The molecule has 0 rings (SSSR count). The van der Waals surface area contributed by atoms with Gasteiger partial charge in [-0.25, -0.2) is 0 Å². The Balaban J connectivity index is 3.47. The van der Waals surface area contributed by atoms with Gasteiger partial charge in [-0.15, -0.1) is 0 Å². The van der Waals surface area contributed by atoms with E-state index < -0.39 is 7.58 Å². The van der Waals surface area contributed by atoms with E-state index in [2.05, 4.69) is 0 Å². The molecule has 0 unspecified atom stereocenters. The van der Waals surface area contributed by atoms with Crippen molar-refractivity contribution in [2.24, 2.45) is 0 Å². The summed E-state index contributed by atoms with van der Waals surface area (Å²) in [7, 11) is -3.51. The van der Waals surface area contributed by atoms with E-state index in [4.69, 9.17) is 9.11 Å². The summed E-state index contributed by atoms with van der Waals surface area (Å²) in [5.74, 6) is 0. The zero-order valence-electron chi connectivity index (χ0n) is 2.33. The summed E-state index contributed by atoms with van der Waals surface area (Å²) < 4.78 is 24.8. The molecule has 0 bridgehead atoms. The normalized spacial score (nSPS) is 15.0. The van der Waals surface area contributed by atoms with Crippen molar-refractivity contribution in [3.63, 3.8) is 0 Å². The molecule has 5 heteroatoms. The van der Waals surface area contributed by atoms with Crippen LogP contribution in [0.3, 0.4) is 0 Å². The summed E-state index contributed by atoms with van der Waals surface area (Å²) in [4.78, 5) is 0. The third-order valence-electron chi connectivity index (χ3n) is 0. The molecule has 3 nitrogen and oxygen atoms in total. The molecule has 0 saturated heterocycles. The molecule has 0 saturated carbocycles. The summed E-state index contributed by atoms with van der Waals surface area (Å²) in [6, 6.07) is 0. The molecular formula is H5O3SSb. The molecular weight excluding hydrogens is 202 g/mol. The molecule has 0 amide bonds. The molecule has 0 aliphatic carbocycles. The molecule has 5 heavy (non-hydrogen) atoms. The van der Waals surface area contributed by atoms with Gasteiger partial charge < -0.3 is 0 Å². The van der Waals surface area contributed by atoms with E-state index in [1.807, 2.05) is 0 Å². The molecule has 0 aliphatic heterocycles. The van der Waals surface area contributed by atoms with Crippen molar-refractivity contribution < 1.29 is 13.3 Å². The first-order valence-electron chi connectivity index (χ1n) is 0.841. The number of thiol groups is 1. The third-order valence-corrected chi connectivity index (χ3v) is 0. The summed E-state index contributed by atoms with van der Waals surface area (Å²) in [6.45, 7) is 0. The van der Waals surface area contributed by atoms with Crippen LogP contribution >= 0.6 is 0 Å². The zero-order chi connectivity index (χ0) is 4.50. The molecule has 0 heterocycles. The Morgan fingerprint density at radius 1 is 1.60 bits per heavy atom. The van der Waals surface area contributed by atoms with E-state index in [9.17, 15) is 4.21 Å². The van der Waals surface area contributed by atoms with Crippen molar-refractivity contribution in [2.75, 3.05) is 0 Å². The Morgan fingerprint density at radius 2 is 1.60 bits per heavy atom. The van der Waals surface area contributed by atoms with Gasteiger partial charge in [0.25, 0.3) is 0 Å². The predicted octanol–water partition coefficient (Wildman–Crippen LogP) is -1.50. The molecule has 0 radical (unpaired) electrons. The fourth-order valence-corrected chi connectivity index (χ4v) is 0. The van der Waals surface area contributed by atoms with Crippen LogP contribution < -0.4 is 0 Å². The molecule has 0 aromatic rings. The standard InChI is InChI=1S/H3O3S.Sb.2H/c1-4(2)3;;;/h4H,(H2,1,2,3);;;. The van der Waals surface area contributed by atoms with Crippen LogP contribution in [0.2, 0.25) is 0 Å². The van der Waals surface area contributed by atoms with Gasteiger partial charge in [0, 0.05) is 0 Å². The zero-order valence-corrected chi connectivity index (χ0v) is 6.52. The maximum absolute atomic E-state index is 9.38. The van der Waals surface area contributed by atoms with E-state index in [0.29, 0.717) is 0 Å². The monoisotopic (exact) mass is 206 g/mol. The van der Waals surface area contributed by atoms with Gasteiger partial charge in [-0.2, -0.15) is 0 Å². The van der Waals surface area contributed by atoms with E-state index >= 15 is 0 Å². The molecule has 0 fully saturated rings. The Hall–Kier alpha value is 0.888. The molecule has 0 atom stereocenters. The summed E-state index contributed by atoms with van der Waals surface area (Å²) >= 11 is 0.0308. The Morgan fingerprint density at radius 3 is 1.60 bits per heavy atom. The fourth-order valence-electron chi connectivity index (χ4n) is 0. The molecule has 0 aromatic carbocycles. The number of hydrogen-bond acceptors (Lipinski definition) is 1. The van der Waals surface area contributed by atoms with Crippen LogP contribution in [-0.4, -0.2) is 34.9 Å². The van der Waals surface area contributed by atoms with Gasteiger partial charge in [0.15, 0.2) is 0 Å². The average molecular weight is 207 g/mol. The minimum absolute atomic E-state index is 0.0308. The van der Waals surface area contributed by atoms with Crippen molar-refractivity contribution in [2.45, 2.75) is 0 Å². The van der Waals surface area contributed by atoms with E-state index in [1.165, 1.54) is 0 Å². The molecule has 0 spiro atoms. The van der Waals surface area contributed by atoms with Gasteiger partial charge >= 0.3 is 42.5 Å². The SMILES string of the molecule is O=[SH](O)(O)[SbH2]. The van der Waals surface area contributed by atoms with E-state index in [0.717, 1.165) is 0 Å². The Bertz CT molecular complexity index is 53.0. The third kappa shape index (κ3) is 51.7. The van der Waals surface area contributed by atoms with Gasteiger partial charge in [0.05, 0.1) is 0 Å². The van der Waals surface area contributed by atoms with Crippen LogP contribution in [0, 0.1) is 0 Å². The maximum atomic E-state index is 9.38. The van der Waals surface area contributed by atoms with Crippen LogP contribution in [0.1, 0.15) is 0 Å². The number of rotatable bonds is 0. The molecule has 0 aromatic heterocycles. The fraction of sp³-hybridized carbons (Fsp3) is 0. The van der Waals surface area contributed by atoms with Crippen LogP contribution in [-0.2, 0) is 7.58 Å². The van der Waals surface area contributed by atoms with Crippen LogP contribution in [0.5, 0.6) is 0 Å². The van der Waals surface area contributed by atoms with Gasteiger partial charge in [-0.1, -0.05) is 0 Å². The van der Waals surface area contributed by atoms with Crippen molar-refractivity contribution in [1.29, 1.82) is 0 Å². The number of hydrogen-bond donors (Lipinski definition) is 3. The quantitative estimate of drug-likeness (QED) is 0.334. The first kappa shape index (κ1) is 5.89. The Labute approximate surface area is 42.7 Å². The second-order valence-electron chi connectivity index (χ2n) is 0.589. The Kier molecular flexibility index (Phi) is 1.83. The summed E-state index contributed by atoms with van der Waals surface area (Å²) in [5.41, 5.74) is 0. The van der Waals surface area contributed by atoms with Crippen LogP contribution in [0.4, 0.5) is 0 Å². The summed E-state index contributed by atoms with van der Waals surface area (Å²) in [6.07, 6.45) is 0. The molecule has 0 aliphatic rings. The predicted molar refractivity (Wildman–Crippen MR) is 23.3 cm³/mol. The van der Waals surface area contributed by atoms with Crippen molar-refractivity contribution >= 4 is 29.2 Å². The second-order valence-corrected chi connectivity index (χ2v) is 7.53. The summed E-state index contributed by atoms with van der Waals surface area (Å²) in [5, 5.41) is 0.